The van der Waals surface area contributed by atoms with Crippen molar-refractivity contribution in [1.29, 1.82) is 0 Å². The minimum atomic E-state index is -0.552. The molecule has 0 saturated carbocycles. The molecule has 0 radical (unpaired) electrons. The first-order valence-corrected chi connectivity index (χ1v) is 5.77. The van der Waals surface area contributed by atoms with Crippen LogP contribution < -0.4 is 4.74 Å². The van der Waals surface area contributed by atoms with E-state index < -0.39 is 6.10 Å². The monoisotopic (exact) mass is 224 g/mol. The van der Waals surface area contributed by atoms with E-state index in [1.165, 1.54) is 12.1 Å². The number of halogens is 1. The van der Waals surface area contributed by atoms with Crippen LogP contribution in [0.1, 0.15) is 44.8 Å². The molecule has 1 aromatic rings. The van der Waals surface area contributed by atoms with E-state index in [1.807, 2.05) is 13.8 Å². The Morgan fingerprint density at radius 3 is 2.75 bits per heavy atom. The second-order valence-electron chi connectivity index (χ2n) is 4.39. The second-order valence-corrected chi connectivity index (χ2v) is 4.39. The fraction of sp³-hybridized carbons (Fsp3) is 0.538. The molecule has 0 fully saturated rings. The number of aliphatic hydroxyl groups is 1. The zero-order valence-electron chi connectivity index (χ0n) is 9.66. The average Bonchev–Trinajstić information content (AvgIpc) is 2.28. The van der Waals surface area contributed by atoms with Gasteiger partial charge in [0.15, 0.2) is 0 Å². The second kappa shape index (κ2) is 4.06. The highest BCUT2D eigenvalue weighted by atomic mass is 19.1. The lowest BCUT2D eigenvalue weighted by molar-refractivity contribution is -0.0198. The Hall–Kier alpha value is -1.09. The number of hydrogen-bond acceptors (Lipinski definition) is 2. The van der Waals surface area contributed by atoms with Crippen LogP contribution in [-0.4, -0.2) is 10.7 Å². The molecule has 1 N–H and O–H groups in total. The summed E-state index contributed by atoms with van der Waals surface area (Å²) in [6, 6.07) is 4.32. The molecule has 0 bridgehead atoms. The predicted octanol–water partition coefficient (Wildman–Crippen LogP) is 3.20. The summed E-state index contributed by atoms with van der Waals surface area (Å²) >= 11 is 0. The molecule has 0 aromatic heterocycles. The first-order valence-electron chi connectivity index (χ1n) is 5.77. The SMILES string of the molecule is CCC1(CC)CC(O)c2ccc(F)cc2O1. The van der Waals surface area contributed by atoms with Crippen molar-refractivity contribution in [2.24, 2.45) is 0 Å². The fourth-order valence-electron chi connectivity index (χ4n) is 2.29. The fourth-order valence-corrected chi connectivity index (χ4v) is 2.29. The van der Waals surface area contributed by atoms with Crippen LogP contribution in [0.2, 0.25) is 0 Å². The van der Waals surface area contributed by atoms with Crippen molar-refractivity contribution in [3.05, 3.63) is 29.6 Å². The van der Waals surface area contributed by atoms with E-state index in [-0.39, 0.29) is 11.4 Å². The molecule has 0 amide bonds. The molecule has 3 heteroatoms. The van der Waals surface area contributed by atoms with Crippen molar-refractivity contribution >= 4 is 0 Å². The maximum absolute atomic E-state index is 13.1. The van der Waals surface area contributed by atoms with Crippen LogP contribution in [0.5, 0.6) is 5.75 Å². The maximum atomic E-state index is 13.1. The standard InChI is InChI=1S/C13H17FO2/c1-3-13(4-2)8-11(15)10-6-5-9(14)7-12(10)16-13/h5-7,11,15H,3-4,8H2,1-2H3. The van der Waals surface area contributed by atoms with Gasteiger partial charge in [0.05, 0.1) is 6.10 Å². The third-order valence-corrected chi connectivity index (χ3v) is 3.52. The zero-order valence-corrected chi connectivity index (χ0v) is 9.66. The molecule has 1 heterocycles. The lowest BCUT2D eigenvalue weighted by atomic mass is 9.85. The number of benzene rings is 1. The van der Waals surface area contributed by atoms with Crippen molar-refractivity contribution in [2.45, 2.75) is 44.8 Å². The minimum absolute atomic E-state index is 0.325. The summed E-state index contributed by atoms with van der Waals surface area (Å²) < 4.78 is 19.0. The third-order valence-electron chi connectivity index (χ3n) is 3.52. The van der Waals surface area contributed by atoms with Crippen LogP contribution >= 0.6 is 0 Å². The summed E-state index contributed by atoms with van der Waals surface area (Å²) in [5.41, 5.74) is 0.346. The lowest BCUT2D eigenvalue weighted by Gasteiger charge is -2.39. The molecule has 2 nitrogen and oxygen atoms in total. The Morgan fingerprint density at radius 1 is 1.44 bits per heavy atom. The summed E-state index contributed by atoms with van der Waals surface area (Å²) in [5, 5.41) is 10.0. The Labute approximate surface area is 95.1 Å². The smallest absolute Gasteiger partial charge is 0.128 e. The molecular weight excluding hydrogens is 207 g/mol. The Balaban J connectivity index is 2.41. The van der Waals surface area contributed by atoms with Crippen molar-refractivity contribution in [3.8, 4) is 5.75 Å². The third kappa shape index (κ3) is 1.80. The molecule has 1 atom stereocenters. The molecule has 0 aliphatic carbocycles. The summed E-state index contributed by atoms with van der Waals surface area (Å²) in [6.07, 6.45) is 1.66. The maximum Gasteiger partial charge on any atom is 0.128 e. The van der Waals surface area contributed by atoms with Gasteiger partial charge in [0.25, 0.3) is 0 Å². The molecule has 1 aliphatic heterocycles. The highest BCUT2D eigenvalue weighted by molar-refractivity contribution is 5.38. The van der Waals surface area contributed by atoms with E-state index in [4.69, 9.17) is 4.74 Å². The Kier molecular flexibility index (Phi) is 2.89. The highest BCUT2D eigenvalue weighted by Gasteiger charge is 2.37. The van der Waals surface area contributed by atoms with Gasteiger partial charge < -0.3 is 9.84 Å². The van der Waals surface area contributed by atoms with Gasteiger partial charge in [-0.3, -0.25) is 0 Å². The molecule has 0 saturated heterocycles. The first kappa shape index (κ1) is 11.4. The summed E-state index contributed by atoms with van der Waals surface area (Å²) in [4.78, 5) is 0. The number of fused-ring (bicyclic) bond motifs is 1. The summed E-state index contributed by atoms with van der Waals surface area (Å²) in [6.45, 7) is 4.06. The largest absolute Gasteiger partial charge is 0.487 e. The van der Waals surface area contributed by atoms with Gasteiger partial charge in [-0.15, -0.1) is 0 Å². The van der Waals surface area contributed by atoms with Crippen LogP contribution in [0, 0.1) is 5.82 Å². The normalized spacial score (nSPS) is 22.4. The average molecular weight is 224 g/mol. The number of ether oxygens (including phenoxy) is 1. The van der Waals surface area contributed by atoms with E-state index in [0.29, 0.717) is 17.7 Å². The molecule has 16 heavy (non-hydrogen) atoms. The van der Waals surface area contributed by atoms with Gasteiger partial charge in [0, 0.05) is 18.1 Å². The molecular formula is C13H17FO2. The van der Waals surface area contributed by atoms with E-state index >= 15 is 0 Å². The van der Waals surface area contributed by atoms with Crippen LogP contribution in [0.4, 0.5) is 4.39 Å². The summed E-state index contributed by atoms with van der Waals surface area (Å²) in [7, 11) is 0. The minimum Gasteiger partial charge on any atom is -0.487 e. The molecule has 2 rings (SSSR count). The van der Waals surface area contributed by atoms with Gasteiger partial charge in [-0.2, -0.15) is 0 Å². The van der Waals surface area contributed by atoms with E-state index in [1.54, 1.807) is 6.07 Å². The van der Waals surface area contributed by atoms with Gasteiger partial charge in [-0.25, -0.2) is 4.39 Å². The number of rotatable bonds is 2. The van der Waals surface area contributed by atoms with Crippen LogP contribution in [0.3, 0.4) is 0 Å². The summed E-state index contributed by atoms with van der Waals surface area (Å²) in [5.74, 6) is 0.163. The number of aliphatic hydroxyl groups excluding tert-OH is 1. The van der Waals surface area contributed by atoms with E-state index in [0.717, 1.165) is 12.8 Å². The van der Waals surface area contributed by atoms with Crippen LogP contribution in [-0.2, 0) is 0 Å². The van der Waals surface area contributed by atoms with E-state index in [2.05, 4.69) is 0 Å². The number of hydrogen-bond donors (Lipinski definition) is 1. The molecule has 0 spiro atoms. The van der Waals surface area contributed by atoms with Gasteiger partial charge in [-0.05, 0) is 25.0 Å². The van der Waals surface area contributed by atoms with Crippen LogP contribution in [0.15, 0.2) is 18.2 Å². The molecule has 1 unspecified atom stereocenters. The molecule has 88 valence electrons. The van der Waals surface area contributed by atoms with Crippen molar-refractivity contribution in [3.63, 3.8) is 0 Å². The van der Waals surface area contributed by atoms with Crippen molar-refractivity contribution in [2.75, 3.05) is 0 Å². The molecule has 1 aliphatic rings. The lowest BCUT2D eigenvalue weighted by Crippen LogP contribution is -2.40. The predicted molar refractivity (Wildman–Crippen MR) is 59.9 cm³/mol. The van der Waals surface area contributed by atoms with Gasteiger partial charge in [0.1, 0.15) is 17.2 Å². The Bertz CT molecular complexity index is 386. The van der Waals surface area contributed by atoms with Gasteiger partial charge >= 0.3 is 0 Å². The van der Waals surface area contributed by atoms with Crippen molar-refractivity contribution in [1.82, 2.24) is 0 Å². The van der Waals surface area contributed by atoms with Crippen molar-refractivity contribution < 1.29 is 14.2 Å². The Morgan fingerprint density at radius 2 is 2.12 bits per heavy atom. The van der Waals surface area contributed by atoms with E-state index in [9.17, 15) is 9.50 Å². The molecule has 1 aromatic carbocycles. The van der Waals surface area contributed by atoms with Gasteiger partial charge in [-0.1, -0.05) is 13.8 Å². The first-order chi connectivity index (χ1) is 7.60. The highest BCUT2D eigenvalue weighted by Crippen LogP contribution is 2.42. The topological polar surface area (TPSA) is 29.5 Å². The zero-order chi connectivity index (χ0) is 11.8. The van der Waals surface area contributed by atoms with Gasteiger partial charge in [0.2, 0.25) is 0 Å². The van der Waals surface area contributed by atoms with Crippen LogP contribution in [0.25, 0.3) is 0 Å². The quantitative estimate of drug-likeness (QED) is 0.835.